The van der Waals surface area contributed by atoms with E-state index in [1.54, 1.807) is 0 Å². The molecule has 2 heterocycles. The van der Waals surface area contributed by atoms with Crippen LogP contribution in [0.1, 0.15) is 17.2 Å². The average Bonchev–Trinajstić information content (AvgIpc) is 2.84. The third kappa shape index (κ3) is 3.41. The monoisotopic (exact) mass is 273 g/mol. The smallest absolute Gasteiger partial charge is 0.388 e. The van der Waals surface area contributed by atoms with E-state index in [-0.39, 0.29) is 24.8 Å². The highest BCUT2D eigenvalue weighted by atomic mass is 19.4. The predicted molar refractivity (Wildman–Crippen MR) is 58.9 cm³/mol. The van der Waals surface area contributed by atoms with Gasteiger partial charge in [-0.15, -0.1) is 0 Å². The number of pyridine rings is 1. The molecule has 0 aliphatic carbocycles. The summed E-state index contributed by atoms with van der Waals surface area (Å²) in [6, 6.07) is 2.17. The third-order valence-electron chi connectivity index (χ3n) is 2.25. The summed E-state index contributed by atoms with van der Waals surface area (Å²) in [7, 11) is 0. The molecule has 0 amide bonds. The van der Waals surface area contributed by atoms with Gasteiger partial charge in [-0.1, -0.05) is 0 Å². The zero-order valence-electron chi connectivity index (χ0n) is 9.57. The van der Waals surface area contributed by atoms with Crippen molar-refractivity contribution in [2.24, 2.45) is 0 Å². The highest BCUT2D eigenvalue weighted by molar-refractivity contribution is 5.36. The molecule has 0 atom stereocenters. The molecule has 0 radical (unpaired) electrons. The van der Waals surface area contributed by atoms with Crippen LogP contribution in [0.25, 0.3) is 0 Å². The van der Waals surface area contributed by atoms with Crippen LogP contribution in [-0.4, -0.2) is 25.3 Å². The second-order valence-electron chi connectivity index (χ2n) is 3.64. The number of alkyl halides is 3. The highest BCUT2D eigenvalue weighted by Gasteiger charge is 2.30. The van der Waals surface area contributed by atoms with E-state index in [1.165, 1.54) is 6.07 Å². The molecular weight excluding hydrogens is 263 g/mol. The van der Waals surface area contributed by atoms with Gasteiger partial charge in [0.15, 0.2) is 5.82 Å². The lowest BCUT2D eigenvalue weighted by molar-refractivity contribution is -0.137. The van der Waals surface area contributed by atoms with Crippen LogP contribution in [0.2, 0.25) is 0 Å². The lowest BCUT2D eigenvalue weighted by Gasteiger charge is -2.07. The van der Waals surface area contributed by atoms with E-state index in [2.05, 4.69) is 25.5 Å². The lowest BCUT2D eigenvalue weighted by Crippen LogP contribution is -2.07. The number of rotatable bonds is 4. The molecule has 9 heteroatoms. The molecule has 102 valence electrons. The molecular formula is C10H10F3N5O. The molecule has 0 fully saturated rings. The fourth-order valence-electron chi connectivity index (χ4n) is 1.33. The molecule has 0 aliphatic rings. The van der Waals surface area contributed by atoms with Gasteiger partial charge in [0.2, 0.25) is 0 Å². The van der Waals surface area contributed by atoms with Gasteiger partial charge in [-0.25, -0.2) is 9.97 Å². The number of aliphatic hydroxyl groups is 1. The van der Waals surface area contributed by atoms with Crippen molar-refractivity contribution < 1.29 is 18.3 Å². The maximum absolute atomic E-state index is 12.3. The van der Waals surface area contributed by atoms with Crippen LogP contribution in [0.15, 0.2) is 18.3 Å². The Balaban J connectivity index is 1.96. The standard InChI is InChI=1S/C10H10F3N5O/c11-10(12,13)6-1-2-7(14-3-6)15-4-8-16-9(5-19)18-17-8/h1-3,19H,4-5H2,(H,14,15)(H,16,17,18). The van der Waals surface area contributed by atoms with Gasteiger partial charge in [-0.05, 0) is 12.1 Å². The van der Waals surface area contributed by atoms with Gasteiger partial charge >= 0.3 is 6.18 Å². The largest absolute Gasteiger partial charge is 0.417 e. The Morgan fingerprint density at radius 1 is 1.32 bits per heavy atom. The summed E-state index contributed by atoms with van der Waals surface area (Å²) in [5.74, 6) is 0.984. The molecule has 0 unspecified atom stereocenters. The summed E-state index contributed by atoms with van der Waals surface area (Å²) in [4.78, 5) is 7.56. The number of nitrogens with zero attached hydrogens (tertiary/aromatic N) is 3. The van der Waals surface area contributed by atoms with E-state index >= 15 is 0 Å². The SMILES string of the molecule is OCc1n[nH]c(CNc2ccc(C(F)(F)F)cn2)n1. The van der Waals surface area contributed by atoms with Crippen molar-refractivity contribution in [2.75, 3.05) is 5.32 Å². The van der Waals surface area contributed by atoms with Crippen molar-refractivity contribution in [1.29, 1.82) is 0 Å². The molecule has 2 rings (SSSR count). The summed E-state index contributed by atoms with van der Waals surface area (Å²) in [5, 5.41) is 17.8. The van der Waals surface area contributed by atoms with Crippen molar-refractivity contribution >= 4 is 5.82 Å². The Morgan fingerprint density at radius 3 is 2.63 bits per heavy atom. The van der Waals surface area contributed by atoms with Crippen LogP contribution in [0, 0.1) is 0 Å². The first kappa shape index (κ1) is 13.3. The van der Waals surface area contributed by atoms with Crippen molar-refractivity contribution in [3.63, 3.8) is 0 Å². The van der Waals surface area contributed by atoms with Crippen molar-refractivity contribution in [3.05, 3.63) is 35.5 Å². The first-order valence-corrected chi connectivity index (χ1v) is 5.27. The van der Waals surface area contributed by atoms with Crippen LogP contribution in [0.5, 0.6) is 0 Å². The van der Waals surface area contributed by atoms with E-state index in [1.807, 2.05) is 0 Å². The Kier molecular flexibility index (Phi) is 3.65. The quantitative estimate of drug-likeness (QED) is 0.782. The van der Waals surface area contributed by atoms with Gasteiger partial charge in [-0.2, -0.15) is 18.3 Å². The van der Waals surface area contributed by atoms with Crippen LogP contribution >= 0.6 is 0 Å². The molecule has 3 N–H and O–H groups in total. The maximum atomic E-state index is 12.3. The van der Waals surface area contributed by atoms with Gasteiger partial charge in [-0.3, -0.25) is 5.10 Å². The summed E-state index contributed by atoms with van der Waals surface area (Å²) >= 11 is 0. The summed E-state index contributed by atoms with van der Waals surface area (Å²) in [5.41, 5.74) is -0.805. The van der Waals surface area contributed by atoms with Crippen LogP contribution in [-0.2, 0) is 19.3 Å². The van der Waals surface area contributed by atoms with Crippen molar-refractivity contribution in [2.45, 2.75) is 19.3 Å². The second-order valence-corrected chi connectivity index (χ2v) is 3.64. The molecule has 0 saturated heterocycles. The van der Waals surface area contributed by atoms with E-state index in [9.17, 15) is 13.2 Å². The Labute approximate surface area is 105 Å². The van der Waals surface area contributed by atoms with Gasteiger partial charge in [0.05, 0.1) is 12.1 Å². The zero-order chi connectivity index (χ0) is 13.9. The average molecular weight is 273 g/mol. The maximum Gasteiger partial charge on any atom is 0.417 e. The molecule has 0 spiro atoms. The molecule has 0 saturated carbocycles. The van der Waals surface area contributed by atoms with E-state index in [4.69, 9.17) is 5.11 Å². The number of H-pyrrole nitrogens is 1. The van der Waals surface area contributed by atoms with Gasteiger partial charge in [0.25, 0.3) is 0 Å². The van der Waals surface area contributed by atoms with Crippen molar-refractivity contribution in [3.8, 4) is 0 Å². The number of aromatic amines is 1. The lowest BCUT2D eigenvalue weighted by atomic mass is 10.3. The molecule has 2 aromatic rings. The number of aliphatic hydroxyl groups excluding tert-OH is 1. The number of aromatic nitrogens is 4. The molecule has 2 aromatic heterocycles. The molecule has 0 aliphatic heterocycles. The minimum Gasteiger partial charge on any atom is -0.388 e. The normalized spacial score (nSPS) is 11.6. The minimum absolute atomic E-state index is 0.214. The first-order chi connectivity index (χ1) is 8.99. The second kappa shape index (κ2) is 5.22. The fraction of sp³-hybridized carbons (Fsp3) is 0.300. The van der Waals surface area contributed by atoms with Crippen LogP contribution < -0.4 is 5.32 Å². The third-order valence-corrected chi connectivity index (χ3v) is 2.25. The van der Waals surface area contributed by atoms with E-state index in [0.29, 0.717) is 5.82 Å². The zero-order valence-corrected chi connectivity index (χ0v) is 9.57. The van der Waals surface area contributed by atoms with E-state index < -0.39 is 11.7 Å². The summed E-state index contributed by atoms with van der Waals surface area (Å²) in [6.45, 7) is -0.0691. The number of hydrogen-bond acceptors (Lipinski definition) is 5. The Morgan fingerprint density at radius 2 is 2.11 bits per heavy atom. The number of nitrogens with one attached hydrogen (secondary N) is 2. The molecule has 0 aromatic carbocycles. The van der Waals surface area contributed by atoms with Gasteiger partial charge in [0.1, 0.15) is 18.2 Å². The van der Waals surface area contributed by atoms with Gasteiger partial charge < -0.3 is 10.4 Å². The fourth-order valence-corrected chi connectivity index (χ4v) is 1.33. The number of anilines is 1. The Bertz CT molecular complexity index is 537. The van der Waals surface area contributed by atoms with Crippen LogP contribution in [0.3, 0.4) is 0 Å². The molecule has 0 bridgehead atoms. The summed E-state index contributed by atoms with van der Waals surface area (Å²) < 4.78 is 36.9. The molecule has 19 heavy (non-hydrogen) atoms. The van der Waals surface area contributed by atoms with E-state index in [0.717, 1.165) is 12.3 Å². The predicted octanol–water partition coefficient (Wildman–Crippen LogP) is 1.32. The summed E-state index contributed by atoms with van der Waals surface area (Å²) in [6.07, 6.45) is -3.64. The topological polar surface area (TPSA) is 86.7 Å². The van der Waals surface area contributed by atoms with Crippen LogP contribution in [0.4, 0.5) is 19.0 Å². The minimum atomic E-state index is -4.40. The number of hydrogen-bond donors (Lipinski definition) is 3. The first-order valence-electron chi connectivity index (χ1n) is 5.27. The Hall–Kier alpha value is -2.16. The van der Waals surface area contributed by atoms with Gasteiger partial charge in [0, 0.05) is 6.20 Å². The molecule has 6 nitrogen and oxygen atoms in total. The van der Waals surface area contributed by atoms with Crippen molar-refractivity contribution in [1.82, 2.24) is 20.2 Å². The number of halogens is 3. The highest BCUT2D eigenvalue weighted by Crippen LogP contribution is 2.28.